The number of hydrogen-bond acceptors (Lipinski definition) is 3. The number of anilines is 2. The Hall–Kier alpha value is -2.34. The van der Waals surface area contributed by atoms with E-state index in [0.29, 0.717) is 30.3 Å². The van der Waals surface area contributed by atoms with Crippen molar-refractivity contribution in [3.8, 4) is 0 Å². The van der Waals surface area contributed by atoms with Crippen LogP contribution in [0, 0.1) is 12.8 Å². The van der Waals surface area contributed by atoms with Gasteiger partial charge >= 0.3 is 0 Å². The van der Waals surface area contributed by atoms with Crippen molar-refractivity contribution in [2.45, 2.75) is 32.1 Å². The van der Waals surface area contributed by atoms with E-state index < -0.39 is 10.0 Å². The van der Waals surface area contributed by atoms with Gasteiger partial charge in [0.05, 0.1) is 17.4 Å². The Morgan fingerprint density at radius 1 is 1.15 bits per heavy atom. The van der Waals surface area contributed by atoms with Crippen molar-refractivity contribution in [1.29, 1.82) is 0 Å². The standard InChI is InChI=1S/C21H24N2O3S/c1-15-14-18(10-11-19(15)23-12-5-13-27(23,25)26)22-21(24)20(17-8-9-17)16-6-3-2-4-7-16/h2-4,6-7,10-11,14,17,20H,5,8-9,12-13H2,1H3,(H,22,24). The third-order valence-corrected chi connectivity index (χ3v) is 7.22. The number of carbonyl (C=O) groups is 1. The van der Waals surface area contributed by atoms with Crippen molar-refractivity contribution in [3.05, 3.63) is 59.7 Å². The van der Waals surface area contributed by atoms with Crippen molar-refractivity contribution in [3.63, 3.8) is 0 Å². The first-order valence-electron chi connectivity index (χ1n) is 9.42. The van der Waals surface area contributed by atoms with Crippen LogP contribution in [0.3, 0.4) is 0 Å². The molecule has 6 heteroatoms. The van der Waals surface area contributed by atoms with Crippen molar-refractivity contribution in [1.82, 2.24) is 0 Å². The average molecular weight is 385 g/mol. The summed E-state index contributed by atoms with van der Waals surface area (Å²) in [5.74, 6) is 0.475. The summed E-state index contributed by atoms with van der Waals surface area (Å²) in [7, 11) is -3.20. The SMILES string of the molecule is Cc1cc(NC(=O)C(c2ccccc2)C2CC2)ccc1N1CCCS1(=O)=O. The normalized spacial score (nSPS) is 19.7. The first-order valence-corrected chi connectivity index (χ1v) is 11.0. The summed E-state index contributed by atoms with van der Waals surface area (Å²) in [5, 5.41) is 3.03. The molecule has 1 amide bonds. The third-order valence-electron chi connectivity index (χ3n) is 5.37. The Morgan fingerprint density at radius 3 is 2.48 bits per heavy atom. The van der Waals surface area contributed by atoms with Crippen molar-refractivity contribution in [2.24, 2.45) is 5.92 Å². The molecular formula is C21H24N2O3S. The summed E-state index contributed by atoms with van der Waals surface area (Å²) in [6.45, 7) is 2.40. The number of amides is 1. The average Bonchev–Trinajstić information content (AvgIpc) is 3.39. The van der Waals surface area contributed by atoms with E-state index in [1.807, 2.05) is 43.3 Å². The topological polar surface area (TPSA) is 66.5 Å². The van der Waals surface area contributed by atoms with E-state index in [2.05, 4.69) is 5.32 Å². The first kappa shape index (κ1) is 18.0. The van der Waals surface area contributed by atoms with Gasteiger partial charge in [-0.3, -0.25) is 9.10 Å². The summed E-state index contributed by atoms with van der Waals surface area (Å²) in [5.41, 5.74) is 3.31. The van der Waals surface area contributed by atoms with E-state index in [0.717, 1.165) is 24.0 Å². The highest BCUT2D eigenvalue weighted by Gasteiger charge is 2.37. The highest BCUT2D eigenvalue weighted by atomic mass is 32.2. The van der Waals surface area contributed by atoms with Crippen LogP contribution in [0.2, 0.25) is 0 Å². The maximum Gasteiger partial charge on any atom is 0.235 e. The van der Waals surface area contributed by atoms with E-state index in [9.17, 15) is 13.2 Å². The van der Waals surface area contributed by atoms with Gasteiger partial charge in [0.25, 0.3) is 0 Å². The second-order valence-electron chi connectivity index (χ2n) is 7.46. The molecule has 0 spiro atoms. The predicted molar refractivity (Wildman–Crippen MR) is 107 cm³/mol. The van der Waals surface area contributed by atoms with Gasteiger partial charge in [-0.25, -0.2) is 8.42 Å². The monoisotopic (exact) mass is 384 g/mol. The molecule has 1 saturated carbocycles. The van der Waals surface area contributed by atoms with Crippen LogP contribution >= 0.6 is 0 Å². The fourth-order valence-corrected chi connectivity index (χ4v) is 5.50. The van der Waals surface area contributed by atoms with Crippen LogP contribution in [0.15, 0.2) is 48.5 Å². The largest absolute Gasteiger partial charge is 0.326 e. The molecule has 1 heterocycles. The van der Waals surface area contributed by atoms with Gasteiger partial charge in [0.2, 0.25) is 15.9 Å². The number of aryl methyl sites for hydroxylation is 1. The molecule has 1 unspecified atom stereocenters. The van der Waals surface area contributed by atoms with E-state index in [1.165, 1.54) is 4.31 Å². The maximum atomic E-state index is 12.9. The smallest absolute Gasteiger partial charge is 0.235 e. The Labute approximate surface area is 160 Å². The second kappa shape index (κ2) is 7.00. The van der Waals surface area contributed by atoms with Crippen LogP contribution in [0.5, 0.6) is 0 Å². The van der Waals surface area contributed by atoms with Gasteiger partial charge in [-0.15, -0.1) is 0 Å². The molecule has 4 rings (SSSR count). The Bertz CT molecular complexity index is 953. The number of nitrogens with zero attached hydrogens (tertiary/aromatic N) is 1. The zero-order valence-electron chi connectivity index (χ0n) is 15.4. The zero-order valence-corrected chi connectivity index (χ0v) is 16.2. The lowest BCUT2D eigenvalue weighted by molar-refractivity contribution is -0.118. The summed E-state index contributed by atoms with van der Waals surface area (Å²) in [6.07, 6.45) is 2.82. The molecule has 1 aliphatic carbocycles. The number of sulfonamides is 1. The molecule has 2 aliphatic rings. The van der Waals surface area contributed by atoms with Gasteiger partial charge < -0.3 is 5.32 Å². The molecule has 1 N–H and O–H groups in total. The van der Waals surface area contributed by atoms with E-state index in [4.69, 9.17) is 0 Å². The summed E-state index contributed by atoms with van der Waals surface area (Å²) in [6, 6.07) is 15.4. The summed E-state index contributed by atoms with van der Waals surface area (Å²) >= 11 is 0. The molecule has 1 atom stereocenters. The number of hydrogen-bond donors (Lipinski definition) is 1. The van der Waals surface area contributed by atoms with Crippen LogP contribution < -0.4 is 9.62 Å². The molecule has 1 aliphatic heterocycles. The molecule has 2 aromatic rings. The van der Waals surface area contributed by atoms with Crippen molar-refractivity contribution in [2.75, 3.05) is 21.9 Å². The predicted octanol–water partition coefficient (Wildman–Crippen LogP) is 3.67. The van der Waals surface area contributed by atoms with Gasteiger partial charge in [-0.2, -0.15) is 0 Å². The van der Waals surface area contributed by atoms with Gasteiger partial charge in [-0.05, 0) is 61.4 Å². The number of carbonyl (C=O) groups excluding carboxylic acids is 1. The Kier molecular flexibility index (Phi) is 4.68. The van der Waals surface area contributed by atoms with E-state index >= 15 is 0 Å². The Balaban J connectivity index is 1.54. The fourth-order valence-electron chi connectivity index (χ4n) is 3.87. The maximum absolute atomic E-state index is 12.9. The molecule has 2 aromatic carbocycles. The quantitative estimate of drug-likeness (QED) is 0.855. The van der Waals surface area contributed by atoms with Gasteiger partial charge in [0.1, 0.15) is 0 Å². The molecule has 142 valence electrons. The third kappa shape index (κ3) is 3.72. The molecule has 5 nitrogen and oxygen atoms in total. The van der Waals surface area contributed by atoms with Crippen molar-refractivity contribution >= 4 is 27.3 Å². The fraction of sp³-hybridized carbons (Fsp3) is 0.381. The molecule has 0 aromatic heterocycles. The second-order valence-corrected chi connectivity index (χ2v) is 9.47. The molecule has 0 radical (unpaired) electrons. The van der Waals surface area contributed by atoms with Crippen LogP contribution in [0.1, 0.15) is 36.3 Å². The highest BCUT2D eigenvalue weighted by molar-refractivity contribution is 7.93. The first-order chi connectivity index (χ1) is 13.0. The van der Waals surface area contributed by atoms with E-state index in [1.54, 1.807) is 12.1 Å². The van der Waals surface area contributed by atoms with Gasteiger partial charge in [-0.1, -0.05) is 30.3 Å². The number of nitrogens with one attached hydrogen (secondary N) is 1. The molecule has 0 bridgehead atoms. The van der Waals surface area contributed by atoms with Crippen LogP contribution in [0.4, 0.5) is 11.4 Å². The lowest BCUT2D eigenvalue weighted by Crippen LogP contribution is -2.26. The van der Waals surface area contributed by atoms with Crippen LogP contribution in [-0.2, 0) is 14.8 Å². The lowest BCUT2D eigenvalue weighted by Gasteiger charge is -2.21. The molecule has 1 saturated heterocycles. The Morgan fingerprint density at radius 2 is 1.89 bits per heavy atom. The molecular weight excluding hydrogens is 360 g/mol. The molecule has 27 heavy (non-hydrogen) atoms. The van der Waals surface area contributed by atoms with Crippen molar-refractivity contribution < 1.29 is 13.2 Å². The minimum atomic E-state index is -3.20. The minimum Gasteiger partial charge on any atom is -0.326 e. The minimum absolute atomic E-state index is 0.00430. The highest BCUT2D eigenvalue weighted by Crippen LogP contribution is 2.43. The van der Waals surface area contributed by atoms with Gasteiger partial charge in [0, 0.05) is 12.2 Å². The number of rotatable bonds is 5. The van der Waals surface area contributed by atoms with Crippen LogP contribution in [-0.4, -0.2) is 26.6 Å². The lowest BCUT2D eigenvalue weighted by atomic mass is 9.93. The summed E-state index contributed by atoms with van der Waals surface area (Å²) in [4.78, 5) is 12.9. The molecule has 2 fully saturated rings. The summed E-state index contributed by atoms with van der Waals surface area (Å²) < 4.78 is 25.8. The zero-order chi connectivity index (χ0) is 19.0. The van der Waals surface area contributed by atoms with Gasteiger partial charge in [0.15, 0.2) is 0 Å². The number of benzene rings is 2. The van der Waals surface area contributed by atoms with E-state index in [-0.39, 0.29) is 17.6 Å². The van der Waals surface area contributed by atoms with Crippen LogP contribution in [0.25, 0.3) is 0 Å².